The molecule has 1 unspecified atom stereocenters. The third kappa shape index (κ3) is 5.09. The van der Waals surface area contributed by atoms with E-state index in [1.807, 2.05) is 19.9 Å². The minimum absolute atomic E-state index is 0.133. The van der Waals surface area contributed by atoms with Gasteiger partial charge < -0.3 is 14.8 Å². The van der Waals surface area contributed by atoms with Crippen molar-refractivity contribution in [1.29, 1.82) is 0 Å². The fraction of sp³-hybridized carbons (Fsp3) is 0.500. The predicted octanol–water partition coefficient (Wildman–Crippen LogP) is 2.78. The maximum absolute atomic E-state index is 11.7. The van der Waals surface area contributed by atoms with Crippen molar-refractivity contribution < 1.29 is 14.3 Å². The molecule has 1 rings (SSSR count). The second-order valence-corrected chi connectivity index (χ2v) is 4.42. The van der Waals surface area contributed by atoms with Crippen LogP contribution in [-0.4, -0.2) is 25.2 Å². The van der Waals surface area contributed by atoms with Crippen LogP contribution in [0, 0.1) is 0 Å². The first-order valence-electron chi connectivity index (χ1n) is 6.39. The normalized spacial score (nSPS) is 12.0. The molecule has 0 bridgehead atoms. The van der Waals surface area contributed by atoms with Gasteiger partial charge in [-0.25, -0.2) is 0 Å². The molecule has 0 aliphatic carbocycles. The van der Waals surface area contributed by atoms with E-state index in [0.29, 0.717) is 30.5 Å². The molecule has 4 nitrogen and oxygen atoms in total. The molecule has 0 heterocycles. The van der Waals surface area contributed by atoms with Gasteiger partial charge in [-0.15, -0.1) is 0 Å². The SMILES string of the molecule is CCOc1ccc(CNC(=O)C(C)OCC)cc1Cl. The summed E-state index contributed by atoms with van der Waals surface area (Å²) < 4.78 is 10.6. The molecule has 1 amide bonds. The second kappa shape index (κ2) is 8.02. The molecular weight excluding hydrogens is 266 g/mol. The summed E-state index contributed by atoms with van der Waals surface area (Å²) in [5.41, 5.74) is 0.922. The zero-order chi connectivity index (χ0) is 14.3. The Hall–Kier alpha value is -1.26. The molecule has 1 N–H and O–H groups in total. The van der Waals surface area contributed by atoms with Crippen LogP contribution in [0.2, 0.25) is 5.02 Å². The molecule has 0 aliphatic heterocycles. The number of hydrogen-bond acceptors (Lipinski definition) is 3. The Morgan fingerprint density at radius 3 is 2.68 bits per heavy atom. The number of ether oxygens (including phenoxy) is 2. The van der Waals surface area contributed by atoms with Crippen molar-refractivity contribution in [3.63, 3.8) is 0 Å². The smallest absolute Gasteiger partial charge is 0.249 e. The molecule has 0 spiro atoms. The largest absolute Gasteiger partial charge is 0.492 e. The number of carbonyl (C=O) groups is 1. The highest BCUT2D eigenvalue weighted by atomic mass is 35.5. The average Bonchev–Trinajstić information content (AvgIpc) is 2.39. The van der Waals surface area contributed by atoms with E-state index in [1.165, 1.54) is 0 Å². The van der Waals surface area contributed by atoms with Crippen molar-refractivity contribution >= 4 is 17.5 Å². The van der Waals surface area contributed by atoms with Crippen molar-refractivity contribution in [1.82, 2.24) is 5.32 Å². The van der Waals surface area contributed by atoms with Crippen LogP contribution in [0.5, 0.6) is 5.75 Å². The Balaban J connectivity index is 2.54. The molecule has 0 aromatic heterocycles. The Morgan fingerprint density at radius 2 is 2.11 bits per heavy atom. The van der Waals surface area contributed by atoms with Crippen molar-refractivity contribution in [3.05, 3.63) is 28.8 Å². The van der Waals surface area contributed by atoms with Crippen LogP contribution in [0.1, 0.15) is 26.3 Å². The van der Waals surface area contributed by atoms with Crippen LogP contribution < -0.4 is 10.1 Å². The molecular formula is C14H20ClNO3. The lowest BCUT2D eigenvalue weighted by atomic mass is 10.2. The van der Waals surface area contributed by atoms with Gasteiger partial charge in [-0.05, 0) is 38.5 Å². The van der Waals surface area contributed by atoms with Gasteiger partial charge in [0.15, 0.2) is 0 Å². The van der Waals surface area contributed by atoms with Crippen molar-refractivity contribution in [2.24, 2.45) is 0 Å². The summed E-state index contributed by atoms with van der Waals surface area (Å²) in [4.78, 5) is 11.7. The highest BCUT2D eigenvalue weighted by Gasteiger charge is 2.12. The minimum atomic E-state index is -0.442. The Kier molecular flexibility index (Phi) is 6.67. The van der Waals surface area contributed by atoms with E-state index in [4.69, 9.17) is 21.1 Å². The van der Waals surface area contributed by atoms with Crippen LogP contribution >= 0.6 is 11.6 Å². The number of halogens is 1. The minimum Gasteiger partial charge on any atom is -0.492 e. The molecule has 1 aromatic rings. The number of nitrogens with one attached hydrogen (secondary N) is 1. The van der Waals surface area contributed by atoms with Gasteiger partial charge in [0.25, 0.3) is 0 Å². The third-order valence-corrected chi connectivity index (χ3v) is 2.84. The summed E-state index contributed by atoms with van der Waals surface area (Å²) in [7, 11) is 0. The van der Waals surface area contributed by atoms with Gasteiger partial charge >= 0.3 is 0 Å². The van der Waals surface area contributed by atoms with Gasteiger partial charge in [0.1, 0.15) is 11.9 Å². The average molecular weight is 286 g/mol. The van der Waals surface area contributed by atoms with E-state index in [9.17, 15) is 4.79 Å². The summed E-state index contributed by atoms with van der Waals surface area (Å²) in [5, 5.41) is 3.35. The maximum atomic E-state index is 11.7. The van der Waals surface area contributed by atoms with Gasteiger partial charge in [-0.1, -0.05) is 17.7 Å². The van der Waals surface area contributed by atoms with Crippen molar-refractivity contribution in [2.75, 3.05) is 13.2 Å². The Bertz CT molecular complexity index is 423. The lowest BCUT2D eigenvalue weighted by Crippen LogP contribution is -2.34. The molecule has 19 heavy (non-hydrogen) atoms. The van der Waals surface area contributed by atoms with Gasteiger partial charge in [-0.3, -0.25) is 4.79 Å². The number of carbonyl (C=O) groups excluding carboxylic acids is 1. The van der Waals surface area contributed by atoms with Gasteiger partial charge in [-0.2, -0.15) is 0 Å². The highest BCUT2D eigenvalue weighted by Crippen LogP contribution is 2.25. The standard InChI is InChI=1S/C14H20ClNO3/c1-4-18-10(3)14(17)16-9-11-6-7-13(19-5-2)12(15)8-11/h6-8,10H,4-5,9H2,1-3H3,(H,16,17). The van der Waals surface area contributed by atoms with Crippen LogP contribution in [0.4, 0.5) is 0 Å². The number of amides is 1. The molecule has 0 aliphatic rings. The summed E-state index contributed by atoms with van der Waals surface area (Å²) in [6.45, 7) is 6.99. The predicted molar refractivity (Wildman–Crippen MR) is 75.6 cm³/mol. The first kappa shape index (κ1) is 15.8. The van der Waals surface area contributed by atoms with Crippen molar-refractivity contribution in [3.8, 4) is 5.75 Å². The fourth-order valence-electron chi connectivity index (χ4n) is 1.59. The molecule has 0 fully saturated rings. The van der Waals surface area contributed by atoms with E-state index in [0.717, 1.165) is 5.56 Å². The van der Waals surface area contributed by atoms with E-state index >= 15 is 0 Å². The first-order valence-corrected chi connectivity index (χ1v) is 6.76. The lowest BCUT2D eigenvalue weighted by molar-refractivity contribution is -0.131. The second-order valence-electron chi connectivity index (χ2n) is 4.01. The Labute approximate surface area is 119 Å². The topological polar surface area (TPSA) is 47.6 Å². The van der Waals surface area contributed by atoms with E-state index < -0.39 is 6.10 Å². The summed E-state index contributed by atoms with van der Waals surface area (Å²) in [6.07, 6.45) is -0.442. The molecule has 0 saturated heterocycles. The number of hydrogen-bond donors (Lipinski definition) is 1. The molecule has 1 aromatic carbocycles. The first-order chi connectivity index (χ1) is 9.08. The van der Waals surface area contributed by atoms with Crippen molar-refractivity contribution in [2.45, 2.75) is 33.4 Å². The lowest BCUT2D eigenvalue weighted by Gasteiger charge is -2.12. The van der Waals surface area contributed by atoms with E-state index in [2.05, 4.69) is 5.32 Å². The summed E-state index contributed by atoms with van der Waals surface area (Å²) >= 11 is 6.07. The molecule has 1 atom stereocenters. The van der Waals surface area contributed by atoms with Crippen LogP contribution in [-0.2, 0) is 16.1 Å². The highest BCUT2D eigenvalue weighted by molar-refractivity contribution is 6.32. The number of benzene rings is 1. The van der Waals surface area contributed by atoms with E-state index in [-0.39, 0.29) is 5.91 Å². The molecule has 0 radical (unpaired) electrons. The van der Waals surface area contributed by atoms with Crippen LogP contribution in [0.15, 0.2) is 18.2 Å². The molecule has 0 saturated carbocycles. The fourth-order valence-corrected chi connectivity index (χ4v) is 1.84. The summed E-state index contributed by atoms with van der Waals surface area (Å²) in [5.74, 6) is 0.522. The van der Waals surface area contributed by atoms with Gasteiger partial charge in [0.2, 0.25) is 5.91 Å². The zero-order valence-electron chi connectivity index (χ0n) is 11.5. The third-order valence-electron chi connectivity index (χ3n) is 2.55. The van der Waals surface area contributed by atoms with Gasteiger partial charge in [0, 0.05) is 13.2 Å². The van der Waals surface area contributed by atoms with Gasteiger partial charge in [0.05, 0.1) is 11.6 Å². The van der Waals surface area contributed by atoms with Crippen LogP contribution in [0.3, 0.4) is 0 Å². The molecule has 5 heteroatoms. The maximum Gasteiger partial charge on any atom is 0.249 e. The monoisotopic (exact) mass is 285 g/mol. The molecule has 106 valence electrons. The van der Waals surface area contributed by atoms with Crippen LogP contribution in [0.25, 0.3) is 0 Å². The zero-order valence-corrected chi connectivity index (χ0v) is 12.3. The number of rotatable bonds is 7. The Morgan fingerprint density at radius 1 is 1.37 bits per heavy atom. The quantitative estimate of drug-likeness (QED) is 0.838. The van der Waals surface area contributed by atoms with E-state index in [1.54, 1.807) is 19.1 Å². The summed E-state index contributed by atoms with van der Waals surface area (Å²) in [6, 6.07) is 5.47.